The molecular weight excluding hydrogens is 226 g/mol. The molecule has 1 amide bonds. The minimum absolute atomic E-state index is 0.119. The second-order valence-electron chi connectivity index (χ2n) is 5.89. The van der Waals surface area contributed by atoms with Crippen LogP contribution in [0.2, 0.25) is 0 Å². The van der Waals surface area contributed by atoms with Gasteiger partial charge in [0.2, 0.25) is 0 Å². The van der Waals surface area contributed by atoms with Crippen LogP contribution in [0.4, 0.5) is 5.69 Å². The first-order valence-corrected chi connectivity index (χ1v) is 6.49. The lowest BCUT2D eigenvalue weighted by atomic mass is 9.75. The van der Waals surface area contributed by atoms with Crippen molar-refractivity contribution in [2.24, 2.45) is 5.41 Å². The molecule has 0 radical (unpaired) electrons. The second kappa shape index (κ2) is 4.96. The first kappa shape index (κ1) is 12.9. The number of hydrogen-bond acceptors (Lipinski definition) is 3. The van der Waals surface area contributed by atoms with Gasteiger partial charge in [-0.25, -0.2) is 0 Å². The van der Waals surface area contributed by atoms with Crippen molar-refractivity contribution in [2.45, 2.75) is 45.6 Å². The van der Waals surface area contributed by atoms with Crippen LogP contribution in [0.3, 0.4) is 0 Å². The summed E-state index contributed by atoms with van der Waals surface area (Å²) < 4.78 is 0. The Morgan fingerprint density at radius 1 is 1.44 bits per heavy atom. The molecule has 0 atom stereocenters. The molecule has 1 aromatic heterocycles. The first-order chi connectivity index (χ1) is 8.46. The topological polar surface area (TPSA) is 68.0 Å². The van der Waals surface area contributed by atoms with E-state index in [1.54, 1.807) is 18.3 Å². The van der Waals surface area contributed by atoms with Gasteiger partial charge < -0.3 is 11.1 Å². The van der Waals surface area contributed by atoms with Crippen molar-refractivity contribution in [3.63, 3.8) is 0 Å². The van der Waals surface area contributed by atoms with Gasteiger partial charge in [-0.1, -0.05) is 13.8 Å². The fraction of sp³-hybridized carbons (Fsp3) is 0.571. The molecule has 1 saturated carbocycles. The summed E-state index contributed by atoms with van der Waals surface area (Å²) in [5.41, 5.74) is 7.03. The van der Waals surface area contributed by atoms with Gasteiger partial charge in [0.15, 0.2) is 0 Å². The van der Waals surface area contributed by atoms with Gasteiger partial charge in [0.25, 0.3) is 5.91 Å². The molecule has 0 bridgehead atoms. The number of anilines is 1. The minimum atomic E-state index is -0.119. The zero-order valence-corrected chi connectivity index (χ0v) is 11.1. The summed E-state index contributed by atoms with van der Waals surface area (Å²) in [5, 5.41) is 3.04. The standard InChI is InChI=1S/C14H21N3O/c1-14(2)6-3-11(4-7-14)17-13(18)12-9-10(15)5-8-16-12/h5,8-9,11H,3-4,6-7H2,1-2H3,(H2,15,16)(H,17,18). The van der Waals surface area contributed by atoms with Gasteiger partial charge in [0.1, 0.15) is 5.69 Å². The quantitative estimate of drug-likeness (QED) is 0.843. The highest BCUT2D eigenvalue weighted by Crippen LogP contribution is 2.35. The highest BCUT2D eigenvalue weighted by atomic mass is 16.1. The van der Waals surface area contributed by atoms with E-state index < -0.39 is 0 Å². The number of nitrogens with zero attached hydrogens (tertiary/aromatic N) is 1. The van der Waals surface area contributed by atoms with Crippen molar-refractivity contribution >= 4 is 11.6 Å². The lowest BCUT2D eigenvalue weighted by molar-refractivity contribution is 0.0904. The third-order valence-electron chi connectivity index (χ3n) is 3.69. The maximum absolute atomic E-state index is 12.0. The Kier molecular flexibility index (Phi) is 3.55. The van der Waals surface area contributed by atoms with E-state index in [9.17, 15) is 4.79 Å². The minimum Gasteiger partial charge on any atom is -0.399 e. The molecule has 4 nitrogen and oxygen atoms in total. The number of hydrogen-bond donors (Lipinski definition) is 2. The van der Waals surface area contributed by atoms with Crippen molar-refractivity contribution < 1.29 is 4.79 Å². The number of rotatable bonds is 2. The number of nitrogens with one attached hydrogen (secondary N) is 1. The molecule has 0 saturated heterocycles. The molecule has 0 unspecified atom stereocenters. The average Bonchev–Trinajstić information content (AvgIpc) is 2.32. The molecule has 1 aromatic rings. The van der Waals surface area contributed by atoms with E-state index in [0.717, 1.165) is 25.7 Å². The van der Waals surface area contributed by atoms with Gasteiger partial charge in [0.05, 0.1) is 0 Å². The summed E-state index contributed by atoms with van der Waals surface area (Å²) in [6.07, 6.45) is 5.96. The van der Waals surface area contributed by atoms with Crippen LogP contribution < -0.4 is 11.1 Å². The van der Waals surface area contributed by atoms with E-state index in [2.05, 4.69) is 24.1 Å². The Bertz CT molecular complexity index is 432. The van der Waals surface area contributed by atoms with Gasteiger partial charge in [-0.2, -0.15) is 0 Å². The molecule has 3 N–H and O–H groups in total. The van der Waals surface area contributed by atoms with E-state index in [1.807, 2.05) is 0 Å². The third-order valence-corrected chi connectivity index (χ3v) is 3.69. The SMILES string of the molecule is CC1(C)CCC(NC(=O)c2cc(N)ccn2)CC1. The molecule has 18 heavy (non-hydrogen) atoms. The summed E-state index contributed by atoms with van der Waals surface area (Å²) in [6, 6.07) is 3.57. The number of carbonyl (C=O) groups excluding carboxylic acids is 1. The summed E-state index contributed by atoms with van der Waals surface area (Å²) >= 11 is 0. The van der Waals surface area contributed by atoms with Gasteiger partial charge in [-0.05, 0) is 43.2 Å². The number of pyridine rings is 1. The monoisotopic (exact) mass is 247 g/mol. The molecule has 0 aliphatic heterocycles. The Hall–Kier alpha value is -1.58. The molecule has 0 aromatic carbocycles. The van der Waals surface area contributed by atoms with E-state index >= 15 is 0 Å². The average molecular weight is 247 g/mol. The summed E-state index contributed by atoms with van der Waals surface area (Å²) in [6.45, 7) is 4.56. The van der Waals surface area contributed by atoms with E-state index in [4.69, 9.17) is 5.73 Å². The predicted octanol–water partition coefficient (Wildman–Crippen LogP) is 2.36. The van der Waals surface area contributed by atoms with Gasteiger partial charge in [-0.15, -0.1) is 0 Å². The molecule has 1 fully saturated rings. The number of nitrogens with two attached hydrogens (primary N) is 1. The Morgan fingerprint density at radius 3 is 2.72 bits per heavy atom. The number of carbonyl (C=O) groups is 1. The van der Waals surface area contributed by atoms with Crippen LogP contribution >= 0.6 is 0 Å². The Balaban J connectivity index is 1.93. The fourth-order valence-electron chi connectivity index (χ4n) is 2.37. The first-order valence-electron chi connectivity index (χ1n) is 6.49. The lowest BCUT2D eigenvalue weighted by Crippen LogP contribution is -2.39. The van der Waals surface area contributed by atoms with Crippen LogP contribution in [0.1, 0.15) is 50.0 Å². The van der Waals surface area contributed by atoms with Crippen molar-refractivity contribution in [2.75, 3.05) is 5.73 Å². The maximum atomic E-state index is 12.0. The zero-order chi connectivity index (χ0) is 13.2. The number of nitrogen functional groups attached to an aromatic ring is 1. The highest BCUT2D eigenvalue weighted by Gasteiger charge is 2.27. The summed E-state index contributed by atoms with van der Waals surface area (Å²) in [4.78, 5) is 16.0. The van der Waals surface area contributed by atoms with Crippen LogP contribution in [0.5, 0.6) is 0 Å². The Morgan fingerprint density at radius 2 is 2.11 bits per heavy atom. The van der Waals surface area contributed by atoms with Crippen LogP contribution in [-0.2, 0) is 0 Å². The number of aromatic nitrogens is 1. The molecule has 98 valence electrons. The maximum Gasteiger partial charge on any atom is 0.270 e. The Labute approximate surface area is 108 Å². The highest BCUT2D eigenvalue weighted by molar-refractivity contribution is 5.93. The van der Waals surface area contributed by atoms with E-state index in [0.29, 0.717) is 16.8 Å². The van der Waals surface area contributed by atoms with Crippen LogP contribution in [0.25, 0.3) is 0 Å². The summed E-state index contributed by atoms with van der Waals surface area (Å²) in [5.74, 6) is -0.119. The zero-order valence-electron chi connectivity index (χ0n) is 11.1. The number of amides is 1. The molecule has 1 aliphatic carbocycles. The fourth-order valence-corrected chi connectivity index (χ4v) is 2.37. The molecule has 1 heterocycles. The predicted molar refractivity (Wildman–Crippen MR) is 72.2 cm³/mol. The van der Waals surface area contributed by atoms with Gasteiger partial charge in [-0.3, -0.25) is 9.78 Å². The molecule has 0 spiro atoms. The van der Waals surface area contributed by atoms with Crippen LogP contribution in [-0.4, -0.2) is 16.9 Å². The van der Waals surface area contributed by atoms with Gasteiger partial charge in [0, 0.05) is 17.9 Å². The van der Waals surface area contributed by atoms with Crippen molar-refractivity contribution in [1.29, 1.82) is 0 Å². The largest absolute Gasteiger partial charge is 0.399 e. The second-order valence-corrected chi connectivity index (χ2v) is 5.89. The molecular formula is C14H21N3O. The van der Waals surface area contributed by atoms with Gasteiger partial charge >= 0.3 is 0 Å². The third kappa shape index (κ3) is 3.22. The normalized spacial score (nSPS) is 19.4. The van der Waals surface area contributed by atoms with E-state index in [-0.39, 0.29) is 11.9 Å². The van der Waals surface area contributed by atoms with Crippen molar-refractivity contribution in [3.8, 4) is 0 Å². The van der Waals surface area contributed by atoms with Crippen molar-refractivity contribution in [1.82, 2.24) is 10.3 Å². The molecule has 1 aliphatic rings. The van der Waals surface area contributed by atoms with E-state index in [1.165, 1.54) is 0 Å². The molecule has 4 heteroatoms. The van der Waals surface area contributed by atoms with Crippen LogP contribution in [0, 0.1) is 5.41 Å². The van der Waals surface area contributed by atoms with Crippen molar-refractivity contribution in [3.05, 3.63) is 24.0 Å². The smallest absolute Gasteiger partial charge is 0.270 e. The lowest BCUT2D eigenvalue weighted by Gasteiger charge is -2.34. The molecule has 2 rings (SSSR count). The summed E-state index contributed by atoms with van der Waals surface area (Å²) in [7, 11) is 0. The van der Waals surface area contributed by atoms with Crippen LogP contribution in [0.15, 0.2) is 18.3 Å².